The van der Waals surface area contributed by atoms with E-state index in [4.69, 9.17) is 5.11 Å². The summed E-state index contributed by atoms with van der Waals surface area (Å²) in [4.78, 5) is 27.7. The van der Waals surface area contributed by atoms with E-state index in [2.05, 4.69) is 10.3 Å². The van der Waals surface area contributed by atoms with Gasteiger partial charge in [-0.3, -0.25) is 9.78 Å². The van der Waals surface area contributed by atoms with Crippen LogP contribution in [0.15, 0.2) is 18.2 Å². The molecule has 1 rings (SSSR count). The molecular weight excluding hydrogens is 234 g/mol. The van der Waals surface area contributed by atoms with Crippen molar-refractivity contribution in [2.24, 2.45) is 0 Å². The Kier molecular flexibility index (Phi) is 5.10. The number of nitrogens with one attached hydrogen (secondary N) is 1. The first-order valence-corrected chi connectivity index (χ1v) is 5.70. The molecule has 0 aromatic carbocycles. The van der Waals surface area contributed by atoms with Crippen molar-refractivity contribution in [3.8, 4) is 0 Å². The third-order valence-electron chi connectivity index (χ3n) is 2.36. The number of likely N-dealkylation sites (N-methyl/N-ethyl adjacent to an activating group) is 1. The molecule has 0 spiro atoms. The number of aryl methyl sites for hydroxylation is 1. The third kappa shape index (κ3) is 4.40. The fraction of sp³-hybridized carbons (Fsp3) is 0.417. The maximum absolute atomic E-state index is 11.7. The molecule has 0 fully saturated rings. The molecule has 0 unspecified atom stereocenters. The SMILES string of the molecule is CCN(CC(=O)O)C(=O)NCc1cccc(C)n1. The number of aliphatic carboxylic acids is 1. The molecule has 0 aliphatic rings. The molecule has 1 heterocycles. The van der Waals surface area contributed by atoms with Crippen molar-refractivity contribution in [3.63, 3.8) is 0 Å². The minimum atomic E-state index is -1.03. The molecule has 0 bridgehead atoms. The number of carbonyl (C=O) groups is 2. The Morgan fingerprint density at radius 1 is 1.44 bits per heavy atom. The van der Waals surface area contributed by atoms with Crippen LogP contribution in [-0.2, 0) is 11.3 Å². The van der Waals surface area contributed by atoms with Gasteiger partial charge in [0.15, 0.2) is 0 Å². The highest BCUT2D eigenvalue weighted by atomic mass is 16.4. The minimum absolute atomic E-state index is 0.288. The van der Waals surface area contributed by atoms with E-state index in [0.29, 0.717) is 6.54 Å². The molecule has 6 nitrogen and oxygen atoms in total. The van der Waals surface area contributed by atoms with Gasteiger partial charge in [0.05, 0.1) is 12.2 Å². The Labute approximate surface area is 106 Å². The van der Waals surface area contributed by atoms with Crippen molar-refractivity contribution in [2.75, 3.05) is 13.1 Å². The quantitative estimate of drug-likeness (QED) is 0.818. The van der Waals surface area contributed by atoms with E-state index >= 15 is 0 Å². The van der Waals surface area contributed by atoms with Gasteiger partial charge in [-0.15, -0.1) is 0 Å². The van der Waals surface area contributed by atoms with Crippen molar-refractivity contribution in [1.82, 2.24) is 15.2 Å². The monoisotopic (exact) mass is 251 g/mol. The standard InChI is InChI=1S/C12H17N3O3/c1-3-15(8-11(16)17)12(18)13-7-10-6-4-5-9(2)14-10/h4-6H,3,7-8H2,1-2H3,(H,13,18)(H,16,17). The average molecular weight is 251 g/mol. The van der Waals surface area contributed by atoms with E-state index in [-0.39, 0.29) is 13.1 Å². The average Bonchev–Trinajstić information content (AvgIpc) is 2.33. The van der Waals surface area contributed by atoms with Gasteiger partial charge >= 0.3 is 12.0 Å². The largest absolute Gasteiger partial charge is 0.480 e. The van der Waals surface area contributed by atoms with Crippen molar-refractivity contribution in [3.05, 3.63) is 29.6 Å². The highest BCUT2D eigenvalue weighted by Crippen LogP contribution is 1.98. The summed E-state index contributed by atoms with van der Waals surface area (Å²) in [5.74, 6) is -1.03. The predicted octanol–water partition coefficient (Wildman–Crippen LogP) is 1.01. The van der Waals surface area contributed by atoms with Crippen molar-refractivity contribution < 1.29 is 14.7 Å². The Morgan fingerprint density at radius 3 is 2.72 bits per heavy atom. The van der Waals surface area contributed by atoms with E-state index < -0.39 is 12.0 Å². The number of carboxylic acid groups (broad SMARTS) is 1. The number of aromatic nitrogens is 1. The van der Waals surface area contributed by atoms with Crippen LogP contribution in [-0.4, -0.2) is 40.1 Å². The van der Waals surface area contributed by atoms with Crippen LogP contribution in [0.4, 0.5) is 4.79 Å². The summed E-state index contributed by atoms with van der Waals surface area (Å²) >= 11 is 0. The first kappa shape index (κ1) is 14.0. The number of pyridine rings is 1. The molecule has 0 atom stereocenters. The molecule has 18 heavy (non-hydrogen) atoms. The lowest BCUT2D eigenvalue weighted by atomic mass is 10.3. The lowest BCUT2D eigenvalue weighted by Gasteiger charge is -2.18. The number of hydrogen-bond acceptors (Lipinski definition) is 3. The van der Waals surface area contributed by atoms with Gasteiger partial charge < -0.3 is 15.3 Å². The maximum Gasteiger partial charge on any atom is 0.323 e. The number of carbonyl (C=O) groups excluding carboxylic acids is 1. The zero-order chi connectivity index (χ0) is 13.5. The van der Waals surface area contributed by atoms with Gasteiger partial charge in [-0.1, -0.05) is 6.07 Å². The zero-order valence-corrected chi connectivity index (χ0v) is 10.5. The number of amides is 2. The zero-order valence-electron chi connectivity index (χ0n) is 10.5. The number of nitrogens with zero attached hydrogens (tertiary/aromatic N) is 2. The summed E-state index contributed by atoms with van der Waals surface area (Å²) in [6, 6.07) is 5.14. The fourth-order valence-corrected chi connectivity index (χ4v) is 1.47. The summed E-state index contributed by atoms with van der Waals surface area (Å²) < 4.78 is 0. The molecular formula is C12H17N3O3. The van der Waals surface area contributed by atoms with Gasteiger partial charge in [-0.25, -0.2) is 4.79 Å². The Morgan fingerprint density at radius 2 is 2.17 bits per heavy atom. The second-order valence-electron chi connectivity index (χ2n) is 3.84. The summed E-state index contributed by atoms with van der Waals surface area (Å²) in [5.41, 5.74) is 1.62. The second-order valence-corrected chi connectivity index (χ2v) is 3.84. The van der Waals surface area contributed by atoms with Crippen LogP contribution in [0.1, 0.15) is 18.3 Å². The third-order valence-corrected chi connectivity index (χ3v) is 2.36. The van der Waals surface area contributed by atoms with Crippen LogP contribution in [0.2, 0.25) is 0 Å². The van der Waals surface area contributed by atoms with E-state index in [1.807, 2.05) is 19.1 Å². The molecule has 2 N–H and O–H groups in total. The van der Waals surface area contributed by atoms with Crippen LogP contribution in [0.25, 0.3) is 0 Å². The van der Waals surface area contributed by atoms with Crippen molar-refractivity contribution in [2.45, 2.75) is 20.4 Å². The van der Waals surface area contributed by atoms with Gasteiger partial charge in [-0.2, -0.15) is 0 Å². The molecule has 0 aliphatic heterocycles. The Hall–Kier alpha value is -2.11. The van der Waals surface area contributed by atoms with E-state index in [1.165, 1.54) is 4.90 Å². The van der Waals surface area contributed by atoms with Gasteiger partial charge in [0.25, 0.3) is 0 Å². The molecule has 0 saturated carbocycles. The van der Waals surface area contributed by atoms with Crippen LogP contribution < -0.4 is 5.32 Å². The highest BCUT2D eigenvalue weighted by Gasteiger charge is 2.14. The lowest BCUT2D eigenvalue weighted by molar-refractivity contribution is -0.137. The predicted molar refractivity (Wildman–Crippen MR) is 66.1 cm³/mol. The Bertz CT molecular complexity index is 434. The van der Waals surface area contributed by atoms with Gasteiger partial charge in [0.1, 0.15) is 6.54 Å². The first-order valence-electron chi connectivity index (χ1n) is 5.70. The fourth-order valence-electron chi connectivity index (χ4n) is 1.47. The summed E-state index contributed by atoms with van der Waals surface area (Å²) in [6.45, 7) is 3.93. The second kappa shape index (κ2) is 6.58. The topological polar surface area (TPSA) is 82.5 Å². The number of carboxylic acids is 1. The van der Waals surface area contributed by atoms with Crippen LogP contribution in [0, 0.1) is 6.92 Å². The van der Waals surface area contributed by atoms with Gasteiger partial charge in [0, 0.05) is 12.2 Å². The molecule has 0 aliphatic carbocycles. The van der Waals surface area contributed by atoms with E-state index in [0.717, 1.165) is 11.4 Å². The van der Waals surface area contributed by atoms with Crippen LogP contribution in [0.3, 0.4) is 0 Å². The van der Waals surface area contributed by atoms with E-state index in [1.54, 1.807) is 13.0 Å². The smallest absolute Gasteiger partial charge is 0.323 e. The lowest BCUT2D eigenvalue weighted by Crippen LogP contribution is -2.42. The van der Waals surface area contributed by atoms with Crippen LogP contribution in [0.5, 0.6) is 0 Å². The first-order chi connectivity index (χ1) is 8.52. The van der Waals surface area contributed by atoms with Crippen LogP contribution >= 0.6 is 0 Å². The molecule has 0 radical (unpaired) electrons. The summed E-state index contributed by atoms with van der Waals surface area (Å²) in [6.07, 6.45) is 0. The molecule has 98 valence electrons. The molecule has 1 aromatic rings. The maximum atomic E-state index is 11.7. The highest BCUT2D eigenvalue weighted by molar-refractivity contribution is 5.79. The molecule has 6 heteroatoms. The van der Waals surface area contributed by atoms with Crippen molar-refractivity contribution in [1.29, 1.82) is 0 Å². The molecule has 0 saturated heterocycles. The normalized spacial score (nSPS) is 9.89. The Balaban J connectivity index is 2.51. The van der Waals surface area contributed by atoms with E-state index in [9.17, 15) is 9.59 Å². The summed E-state index contributed by atoms with van der Waals surface area (Å²) in [7, 11) is 0. The van der Waals surface area contributed by atoms with Gasteiger partial charge in [-0.05, 0) is 26.0 Å². The van der Waals surface area contributed by atoms with Crippen molar-refractivity contribution >= 4 is 12.0 Å². The molecule has 1 aromatic heterocycles. The molecule has 2 amide bonds. The van der Waals surface area contributed by atoms with Gasteiger partial charge in [0.2, 0.25) is 0 Å². The minimum Gasteiger partial charge on any atom is -0.480 e. The summed E-state index contributed by atoms with van der Waals surface area (Å²) in [5, 5.41) is 11.3. The number of urea groups is 1. The number of rotatable bonds is 5. The number of hydrogen-bond donors (Lipinski definition) is 2.